The van der Waals surface area contributed by atoms with Crippen LogP contribution in [-0.4, -0.2) is 59.8 Å². The van der Waals surface area contributed by atoms with Crippen molar-refractivity contribution < 1.29 is 19.3 Å². The molecular weight excluding hydrogens is 466 g/mol. The molecule has 0 saturated heterocycles. The number of nitrogens with zero attached hydrogens (tertiary/aromatic N) is 3. The first-order valence-electron chi connectivity index (χ1n) is 12.4. The number of methoxy groups -OCH3 is 2. The van der Waals surface area contributed by atoms with Gasteiger partial charge in [0.15, 0.2) is 11.5 Å². The van der Waals surface area contributed by atoms with Crippen LogP contribution in [0.4, 0.5) is 0 Å². The van der Waals surface area contributed by atoms with Crippen molar-refractivity contribution in [2.24, 2.45) is 7.05 Å². The molecule has 1 N–H and O–H groups in total. The first-order chi connectivity index (χ1) is 18.1. The van der Waals surface area contributed by atoms with Crippen molar-refractivity contribution in [2.75, 3.05) is 33.9 Å². The maximum atomic E-state index is 11.0. The van der Waals surface area contributed by atoms with Crippen LogP contribution in [0.2, 0.25) is 0 Å². The van der Waals surface area contributed by atoms with Crippen molar-refractivity contribution in [3.05, 3.63) is 96.1 Å². The molecule has 0 bridgehead atoms. The summed E-state index contributed by atoms with van der Waals surface area (Å²) >= 11 is 0. The Hall–Kier alpha value is -3.65. The zero-order valence-corrected chi connectivity index (χ0v) is 21.7. The Balaban J connectivity index is 1.66. The van der Waals surface area contributed by atoms with E-state index in [1.807, 2.05) is 92.0 Å². The summed E-state index contributed by atoms with van der Waals surface area (Å²) in [6.07, 6.45) is 0.0442. The summed E-state index contributed by atoms with van der Waals surface area (Å²) in [5, 5.41) is 15.8. The van der Waals surface area contributed by atoms with Gasteiger partial charge in [0.25, 0.3) is 0 Å². The highest BCUT2D eigenvalue weighted by atomic mass is 16.5. The van der Waals surface area contributed by atoms with E-state index in [1.54, 1.807) is 18.9 Å². The molecule has 1 aromatic heterocycles. The topological polar surface area (TPSA) is 69.0 Å². The molecule has 7 nitrogen and oxygen atoms in total. The molecule has 0 saturated carbocycles. The molecular formula is C30H35N3O4. The molecule has 0 aliphatic rings. The maximum absolute atomic E-state index is 11.0. The second kappa shape index (κ2) is 13.1. The van der Waals surface area contributed by atoms with Gasteiger partial charge in [0.1, 0.15) is 5.69 Å². The number of aliphatic hydroxyl groups excluding tert-OH is 1. The second-order valence-corrected chi connectivity index (χ2v) is 8.95. The zero-order chi connectivity index (χ0) is 26.0. The number of para-hydroxylation sites is 2. The molecule has 4 aromatic rings. The summed E-state index contributed by atoms with van der Waals surface area (Å²) in [6, 6.07) is 27.7. The highest BCUT2D eigenvalue weighted by molar-refractivity contribution is 5.66. The minimum atomic E-state index is -0.533. The van der Waals surface area contributed by atoms with Gasteiger partial charge >= 0.3 is 0 Å². The highest BCUT2D eigenvalue weighted by Crippen LogP contribution is 2.37. The van der Waals surface area contributed by atoms with Gasteiger partial charge in [-0.25, -0.2) is 4.68 Å². The van der Waals surface area contributed by atoms with Gasteiger partial charge < -0.3 is 19.3 Å². The van der Waals surface area contributed by atoms with Crippen LogP contribution in [0.25, 0.3) is 11.3 Å². The lowest BCUT2D eigenvalue weighted by atomic mass is 10.1. The Labute approximate surface area is 218 Å². The van der Waals surface area contributed by atoms with Crippen molar-refractivity contribution in [1.29, 1.82) is 0 Å². The number of benzene rings is 3. The van der Waals surface area contributed by atoms with Crippen molar-refractivity contribution >= 4 is 0 Å². The molecule has 4 rings (SSSR count). The van der Waals surface area contributed by atoms with E-state index in [0.29, 0.717) is 50.0 Å². The molecule has 0 radical (unpaired) electrons. The molecule has 0 fully saturated rings. The van der Waals surface area contributed by atoms with E-state index in [9.17, 15) is 5.11 Å². The third-order valence-corrected chi connectivity index (χ3v) is 6.19. The van der Waals surface area contributed by atoms with Crippen LogP contribution in [0.1, 0.15) is 11.1 Å². The van der Waals surface area contributed by atoms with Crippen LogP contribution in [-0.2, 0) is 24.8 Å². The molecule has 0 spiro atoms. The van der Waals surface area contributed by atoms with Crippen molar-refractivity contribution in [3.63, 3.8) is 0 Å². The van der Waals surface area contributed by atoms with Gasteiger partial charge in [-0.05, 0) is 24.1 Å². The van der Waals surface area contributed by atoms with Gasteiger partial charge in [0, 0.05) is 39.4 Å². The van der Waals surface area contributed by atoms with Crippen molar-refractivity contribution in [1.82, 2.24) is 14.7 Å². The molecule has 1 heterocycles. The molecule has 37 heavy (non-hydrogen) atoms. The fourth-order valence-corrected chi connectivity index (χ4v) is 4.39. The van der Waals surface area contributed by atoms with Crippen LogP contribution >= 0.6 is 0 Å². The predicted octanol–water partition coefficient (Wildman–Crippen LogP) is 4.94. The van der Waals surface area contributed by atoms with Crippen LogP contribution < -0.4 is 9.47 Å². The average molecular weight is 502 g/mol. The quantitative estimate of drug-likeness (QED) is 0.280. The van der Waals surface area contributed by atoms with Gasteiger partial charge in [-0.15, -0.1) is 0 Å². The number of aryl methyl sites for hydroxylation is 1. The van der Waals surface area contributed by atoms with E-state index in [-0.39, 0.29) is 0 Å². The largest absolute Gasteiger partial charge is 0.493 e. The molecule has 1 atom stereocenters. The fourth-order valence-electron chi connectivity index (χ4n) is 4.39. The molecule has 0 aliphatic carbocycles. The summed E-state index contributed by atoms with van der Waals surface area (Å²) in [6.45, 7) is 2.20. The lowest BCUT2D eigenvalue weighted by molar-refractivity contribution is 0.0848. The molecule has 7 heteroatoms. The van der Waals surface area contributed by atoms with Crippen LogP contribution in [0, 0.1) is 0 Å². The van der Waals surface area contributed by atoms with E-state index < -0.39 is 6.10 Å². The van der Waals surface area contributed by atoms with Crippen LogP contribution in [0.15, 0.2) is 84.9 Å². The van der Waals surface area contributed by atoms with E-state index >= 15 is 0 Å². The Morgan fingerprint density at radius 2 is 1.54 bits per heavy atom. The Kier molecular flexibility index (Phi) is 9.32. The molecule has 194 valence electrons. The third-order valence-electron chi connectivity index (χ3n) is 6.19. The van der Waals surface area contributed by atoms with E-state index in [2.05, 4.69) is 4.90 Å². The van der Waals surface area contributed by atoms with Gasteiger partial charge in [-0.3, -0.25) is 4.90 Å². The lowest BCUT2D eigenvalue weighted by Gasteiger charge is -2.25. The first-order valence-corrected chi connectivity index (χ1v) is 12.4. The third kappa shape index (κ3) is 6.98. The lowest BCUT2D eigenvalue weighted by Crippen LogP contribution is -2.35. The molecule has 1 unspecified atom stereocenters. The van der Waals surface area contributed by atoms with E-state index in [4.69, 9.17) is 19.3 Å². The second-order valence-electron chi connectivity index (χ2n) is 8.95. The Bertz CT molecular complexity index is 1240. The van der Waals surface area contributed by atoms with Gasteiger partial charge in [0.2, 0.25) is 5.88 Å². The minimum absolute atomic E-state index is 0.482. The number of ether oxygens (including phenoxy) is 3. The predicted molar refractivity (Wildman–Crippen MR) is 145 cm³/mol. The van der Waals surface area contributed by atoms with E-state index in [1.165, 1.54) is 0 Å². The Morgan fingerprint density at radius 3 is 2.22 bits per heavy atom. The van der Waals surface area contributed by atoms with Crippen molar-refractivity contribution in [2.45, 2.75) is 19.1 Å². The summed E-state index contributed by atoms with van der Waals surface area (Å²) in [5.41, 5.74) is 3.88. The normalized spacial score (nSPS) is 12.0. The zero-order valence-electron chi connectivity index (χ0n) is 21.7. The SMILES string of the molecule is COCCN(Cc1c(-c2ccccc2)nn(C)c1Oc1ccccc1OC)CC(O)Cc1ccccc1. The molecule has 3 aromatic carbocycles. The fraction of sp³-hybridized carbons (Fsp3) is 0.300. The minimum Gasteiger partial charge on any atom is -0.493 e. The molecule has 0 aliphatic heterocycles. The van der Waals surface area contributed by atoms with Crippen LogP contribution in [0.3, 0.4) is 0 Å². The molecule has 0 amide bonds. The summed E-state index contributed by atoms with van der Waals surface area (Å²) in [5.74, 6) is 1.88. The van der Waals surface area contributed by atoms with Crippen LogP contribution in [0.5, 0.6) is 17.4 Å². The summed E-state index contributed by atoms with van der Waals surface area (Å²) < 4.78 is 19.1. The van der Waals surface area contributed by atoms with Gasteiger partial charge in [-0.2, -0.15) is 5.10 Å². The highest BCUT2D eigenvalue weighted by Gasteiger charge is 2.24. The monoisotopic (exact) mass is 501 g/mol. The summed E-state index contributed by atoms with van der Waals surface area (Å²) in [4.78, 5) is 2.19. The standard InChI is InChI=1S/C30H35N3O4/c1-32-30(37-28-17-11-10-16-27(28)36-3)26(29(31-32)24-14-8-5-9-15-24)22-33(18-19-35-2)21-25(34)20-23-12-6-4-7-13-23/h4-17,25,34H,18-22H2,1-3H3. The number of hydrogen-bond donors (Lipinski definition) is 1. The van der Waals surface area contributed by atoms with Gasteiger partial charge in [-0.1, -0.05) is 72.8 Å². The maximum Gasteiger partial charge on any atom is 0.222 e. The van der Waals surface area contributed by atoms with E-state index in [0.717, 1.165) is 22.4 Å². The number of aromatic nitrogens is 2. The Morgan fingerprint density at radius 1 is 0.892 bits per heavy atom. The number of hydrogen-bond acceptors (Lipinski definition) is 6. The number of aliphatic hydroxyl groups is 1. The first kappa shape index (κ1) is 26.4. The van der Waals surface area contributed by atoms with Gasteiger partial charge in [0.05, 0.1) is 25.4 Å². The van der Waals surface area contributed by atoms with Crippen molar-refractivity contribution in [3.8, 4) is 28.6 Å². The smallest absolute Gasteiger partial charge is 0.222 e. The summed E-state index contributed by atoms with van der Waals surface area (Å²) in [7, 11) is 5.20. The number of rotatable bonds is 13. The average Bonchev–Trinajstić information content (AvgIpc) is 3.23.